The second-order valence-electron chi connectivity index (χ2n) is 9.98. The summed E-state index contributed by atoms with van der Waals surface area (Å²) < 4.78 is 0. The Morgan fingerprint density at radius 3 is 2.47 bits per heavy atom. The number of carbonyl (C=O) groups is 1. The molecule has 5 atom stereocenters. The Hall–Kier alpha value is -2.29. The van der Waals surface area contributed by atoms with Crippen LogP contribution in [0.5, 0.6) is 0 Å². The molecule has 1 amide bonds. The van der Waals surface area contributed by atoms with Crippen LogP contribution in [0, 0.1) is 17.8 Å². The largest absolute Gasteiger partial charge is 0.378 e. The number of rotatable bonds is 2. The summed E-state index contributed by atoms with van der Waals surface area (Å²) in [5, 5.41) is 3.90. The fourth-order valence-corrected chi connectivity index (χ4v) is 7.07. The molecule has 1 N–H and O–H groups in total. The van der Waals surface area contributed by atoms with Gasteiger partial charge in [0.2, 0.25) is 0 Å². The van der Waals surface area contributed by atoms with Gasteiger partial charge in [-0.2, -0.15) is 0 Å². The van der Waals surface area contributed by atoms with E-state index in [9.17, 15) is 4.79 Å². The maximum Gasteiger partial charge on any atom is 0.253 e. The number of likely N-dealkylation sites (tertiary alicyclic amines) is 1. The number of hydrogen-bond acceptors (Lipinski definition) is 2. The Bertz CT molecular complexity index is 931. The molecule has 0 aromatic heterocycles. The fraction of sp³-hybridized carbons (Fsp3) is 0.519. The highest BCUT2D eigenvalue weighted by molar-refractivity contribution is 5.95. The highest BCUT2D eigenvalue weighted by Gasteiger charge is 2.53. The summed E-state index contributed by atoms with van der Waals surface area (Å²) in [6.45, 7) is 1.84. The Labute approximate surface area is 179 Å². The zero-order valence-corrected chi connectivity index (χ0v) is 17.7. The molecule has 0 spiro atoms. The summed E-state index contributed by atoms with van der Waals surface area (Å²) in [6.07, 6.45) is 8.90. The molecular formula is C27H32N2O. The lowest BCUT2D eigenvalue weighted by Crippen LogP contribution is -2.36. The van der Waals surface area contributed by atoms with Crippen LogP contribution in [0.3, 0.4) is 0 Å². The Morgan fingerprint density at radius 2 is 1.67 bits per heavy atom. The first-order valence-electron chi connectivity index (χ1n) is 12.0. The molecule has 3 nitrogen and oxygen atoms in total. The van der Waals surface area contributed by atoms with E-state index in [1.54, 1.807) is 0 Å². The highest BCUT2D eigenvalue weighted by Crippen LogP contribution is 2.63. The number of benzene rings is 2. The van der Waals surface area contributed by atoms with Crippen LogP contribution in [0.4, 0.5) is 5.69 Å². The van der Waals surface area contributed by atoms with Crippen LogP contribution >= 0.6 is 0 Å². The molecule has 2 heterocycles. The number of anilines is 1. The number of nitrogens with zero attached hydrogens (tertiary/aromatic N) is 1. The second kappa shape index (κ2) is 7.44. The summed E-state index contributed by atoms with van der Waals surface area (Å²) in [7, 11) is 0. The third-order valence-electron chi connectivity index (χ3n) is 8.39. The van der Waals surface area contributed by atoms with Crippen molar-refractivity contribution in [1.82, 2.24) is 4.90 Å². The molecule has 2 bridgehead atoms. The van der Waals surface area contributed by atoms with Gasteiger partial charge in [0.1, 0.15) is 0 Å². The maximum absolute atomic E-state index is 13.3. The van der Waals surface area contributed by atoms with E-state index < -0.39 is 0 Å². The lowest BCUT2D eigenvalue weighted by molar-refractivity contribution is 0.0761. The van der Waals surface area contributed by atoms with Crippen molar-refractivity contribution < 1.29 is 4.79 Å². The normalized spacial score (nSPS) is 32.1. The molecule has 156 valence electrons. The third-order valence-corrected chi connectivity index (χ3v) is 8.39. The van der Waals surface area contributed by atoms with Gasteiger partial charge in [-0.05, 0) is 85.1 Å². The monoisotopic (exact) mass is 400 g/mol. The number of carbonyl (C=O) groups excluding carboxylic acids is 1. The zero-order chi connectivity index (χ0) is 20.1. The molecule has 0 radical (unpaired) electrons. The number of hydrogen-bond donors (Lipinski definition) is 1. The lowest BCUT2D eigenvalue weighted by atomic mass is 9.68. The summed E-state index contributed by atoms with van der Waals surface area (Å²) in [4.78, 5) is 15.4. The molecule has 2 aliphatic carbocycles. The van der Waals surface area contributed by atoms with Crippen LogP contribution in [-0.2, 0) is 0 Å². The molecule has 2 aliphatic heterocycles. The van der Waals surface area contributed by atoms with E-state index in [2.05, 4.69) is 58.7 Å². The minimum atomic E-state index is 0.240. The summed E-state index contributed by atoms with van der Waals surface area (Å²) in [5.41, 5.74) is 4.98. The predicted molar refractivity (Wildman–Crippen MR) is 121 cm³/mol. The number of amides is 1. The van der Waals surface area contributed by atoms with Crippen molar-refractivity contribution >= 4 is 11.6 Å². The van der Waals surface area contributed by atoms with Crippen molar-refractivity contribution in [3.63, 3.8) is 0 Å². The van der Waals surface area contributed by atoms with Crippen molar-refractivity contribution in [3.05, 3.63) is 65.2 Å². The molecule has 2 aromatic carbocycles. The molecular weight excluding hydrogens is 368 g/mol. The standard InChI is InChI=1S/C27H32N2O/c30-27(29-14-6-1-2-7-15-29)21-12-13-23-22(17-21)24-19-10-11-20(16-19)25(24)26(28-23)18-8-4-3-5-9-18/h3-5,8-9,12-13,17,19-20,24-26,28H,1-2,6-7,10-11,14-16H2/t19-,20-,24-,25+,26+/m0/s1. The molecule has 4 aliphatic rings. The van der Waals surface area contributed by atoms with E-state index in [0.29, 0.717) is 17.9 Å². The molecule has 0 unspecified atom stereocenters. The van der Waals surface area contributed by atoms with Gasteiger partial charge < -0.3 is 10.2 Å². The van der Waals surface area contributed by atoms with E-state index >= 15 is 0 Å². The molecule has 6 rings (SSSR count). The smallest absolute Gasteiger partial charge is 0.253 e. The van der Waals surface area contributed by atoms with E-state index in [4.69, 9.17) is 0 Å². The van der Waals surface area contributed by atoms with Gasteiger partial charge in [0, 0.05) is 24.3 Å². The zero-order valence-electron chi connectivity index (χ0n) is 17.7. The van der Waals surface area contributed by atoms with Crippen LogP contribution in [-0.4, -0.2) is 23.9 Å². The van der Waals surface area contributed by atoms with Crippen LogP contribution in [0.2, 0.25) is 0 Å². The Morgan fingerprint density at radius 1 is 0.900 bits per heavy atom. The van der Waals surface area contributed by atoms with E-state index in [-0.39, 0.29) is 5.91 Å². The van der Waals surface area contributed by atoms with Gasteiger partial charge in [0.15, 0.2) is 0 Å². The third kappa shape index (κ3) is 2.97. The lowest BCUT2D eigenvalue weighted by Gasteiger charge is -2.43. The van der Waals surface area contributed by atoms with Gasteiger partial charge in [-0.25, -0.2) is 0 Å². The summed E-state index contributed by atoms with van der Waals surface area (Å²) >= 11 is 0. The van der Waals surface area contributed by atoms with Gasteiger partial charge in [-0.3, -0.25) is 4.79 Å². The van der Waals surface area contributed by atoms with Crippen molar-refractivity contribution in [3.8, 4) is 0 Å². The van der Waals surface area contributed by atoms with E-state index in [0.717, 1.165) is 43.3 Å². The van der Waals surface area contributed by atoms with Crippen LogP contribution in [0.1, 0.15) is 78.4 Å². The first-order chi connectivity index (χ1) is 14.8. The summed E-state index contributed by atoms with van der Waals surface area (Å²) in [5.74, 6) is 3.10. The topological polar surface area (TPSA) is 32.3 Å². The maximum atomic E-state index is 13.3. The molecule has 30 heavy (non-hydrogen) atoms. The van der Waals surface area contributed by atoms with Crippen molar-refractivity contribution in [2.45, 2.75) is 56.9 Å². The molecule has 2 aromatic rings. The molecule has 3 fully saturated rings. The van der Waals surface area contributed by atoms with Gasteiger partial charge in [-0.15, -0.1) is 0 Å². The first kappa shape index (κ1) is 18.5. The summed E-state index contributed by atoms with van der Waals surface area (Å²) in [6, 6.07) is 17.9. The van der Waals surface area contributed by atoms with Gasteiger partial charge >= 0.3 is 0 Å². The first-order valence-corrected chi connectivity index (χ1v) is 12.0. The van der Waals surface area contributed by atoms with Crippen molar-refractivity contribution in [2.24, 2.45) is 17.8 Å². The Balaban J connectivity index is 1.36. The molecule has 3 heteroatoms. The second-order valence-corrected chi connectivity index (χ2v) is 9.98. The minimum Gasteiger partial charge on any atom is -0.378 e. The van der Waals surface area contributed by atoms with Gasteiger partial charge in [0.05, 0.1) is 6.04 Å². The van der Waals surface area contributed by atoms with Crippen LogP contribution in [0.25, 0.3) is 0 Å². The minimum absolute atomic E-state index is 0.240. The van der Waals surface area contributed by atoms with E-state index in [1.165, 1.54) is 48.9 Å². The van der Waals surface area contributed by atoms with Crippen molar-refractivity contribution in [1.29, 1.82) is 0 Å². The number of nitrogens with one attached hydrogen (secondary N) is 1. The number of fused-ring (bicyclic) bond motifs is 7. The van der Waals surface area contributed by atoms with Gasteiger partial charge in [-0.1, -0.05) is 43.2 Å². The Kier molecular flexibility index (Phi) is 4.58. The quantitative estimate of drug-likeness (QED) is 0.670. The van der Waals surface area contributed by atoms with Crippen LogP contribution < -0.4 is 5.32 Å². The SMILES string of the molecule is O=C(c1ccc2c(c1)[C@@H]1[C@H]3CC[C@@H](C3)[C@H]1[C@@H](c1ccccc1)N2)N1CCCCCC1. The highest BCUT2D eigenvalue weighted by atomic mass is 16.2. The van der Waals surface area contributed by atoms with Crippen molar-refractivity contribution in [2.75, 3.05) is 18.4 Å². The average Bonchev–Trinajstić information content (AvgIpc) is 3.31. The fourth-order valence-electron chi connectivity index (χ4n) is 7.07. The molecule has 2 saturated carbocycles. The predicted octanol–water partition coefficient (Wildman–Crippen LogP) is 6.00. The van der Waals surface area contributed by atoms with Crippen LogP contribution in [0.15, 0.2) is 48.5 Å². The van der Waals surface area contributed by atoms with E-state index in [1.807, 2.05) is 0 Å². The molecule has 1 saturated heterocycles. The van der Waals surface area contributed by atoms with Gasteiger partial charge in [0.25, 0.3) is 5.91 Å². The average molecular weight is 401 g/mol.